The molecule has 0 aromatic carbocycles. The number of rotatable bonds is 4. The Morgan fingerprint density at radius 2 is 2.09 bits per heavy atom. The van der Waals surface area contributed by atoms with E-state index < -0.39 is 0 Å². The molecule has 0 aliphatic carbocycles. The van der Waals surface area contributed by atoms with Crippen LogP contribution < -0.4 is 10.1 Å². The van der Waals surface area contributed by atoms with Crippen LogP contribution >= 0.6 is 24.0 Å². The van der Waals surface area contributed by atoms with Crippen molar-refractivity contribution in [1.82, 2.24) is 20.3 Å². The molecular formula is C15H18Cl2N4O. The Morgan fingerprint density at radius 3 is 2.77 bits per heavy atom. The van der Waals surface area contributed by atoms with Crippen LogP contribution in [0.1, 0.15) is 19.8 Å². The number of hydrogen-bond acceptors (Lipinski definition) is 5. The second kappa shape index (κ2) is 7.72. The molecule has 0 bridgehead atoms. The van der Waals surface area contributed by atoms with Gasteiger partial charge in [0.15, 0.2) is 0 Å². The van der Waals surface area contributed by atoms with Gasteiger partial charge in [0.1, 0.15) is 23.3 Å². The van der Waals surface area contributed by atoms with E-state index in [2.05, 4.69) is 27.2 Å². The summed E-state index contributed by atoms with van der Waals surface area (Å²) in [5.41, 5.74) is 1.61. The van der Waals surface area contributed by atoms with Crippen LogP contribution in [0, 0.1) is 0 Å². The van der Waals surface area contributed by atoms with Gasteiger partial charge >= 0.3 is 0 Å². The molecule has 3 rings (SSSR count). The third-order valence-electron chi connectivity index (χ3n) is 3.67. The lowest BCUT2D eigenvalue weighted by molar-refractivity contribution is 0.179. The van der Waals surface area contributed by atoms with Crippen molar-refractivity contribution in [3.8, 4) is 16.9 Å². The summed E-state index contributed by atoms with van der Waals surface area (Å²) in [7, 11) is 0. The summed E-state index contributed by atoms with van der Waals surface area (Å²) in [5, 5.41) is 3.86. The van der Waals surface area contributed by atoms with Gasteiger partial charge in [-0.05, 0) is 32.4 Å². The Labute approximate surface area is 140 Å². The highest BCUT2D eigenvalue weighted by atomic mass is 35.5. The number of nitrogens with one attached hydrogen (secondary N) is 1. The molecule has 2 aromatic rings. The number of nitrogens with zero attached hydrogens (tertiary/aromatic N) is 3. The molecule has 1 aliphatic heterocycles. The summed E-state index contributed by atoms with van der Waals surface area (Å²) in [5.74, 6) is 0.708. The van der Waals surface area contributed by atoms with Crippen molar-refractivity contribution < 1.29 is 4.74 Å². The summed E-state index contributed by atoms with van der Waals surface area (Å²) in [6.07, 6.45) is 8.99. The highest BCUT2D eigenvalue weighted by molar-refractivity contribution is 6.32. The number of hydrogen-bond donors (Lipinski definition) is 1. The van der Waals surface area contributed by atoms with E-state index in [1.165, 1.54) is 12.7 Å². The molecule has 1 saturated heterocycles. The lowest BCUT2D eigenvalue weighted by Crippen LogP contribution is -2.36. The first kappa shape index (κ1) is 16.9. The van der Waals surface area contributed by atoms with Gasteiger partial charge in [-0.3, -0.25) is 0 Å². The summed E-state index contributed by atoms with van der Waals surface area (Å²) >= 11 is 6.16. The van der Waals surface area contributed by atoms with Gasteiger partial charge in [0, 0.05) is 29.6 Å². The first-order valence-corrected chi connectivity index (χ1v) is 7.43. The molecule has 7 heteroatoms. The highest BCUT2D eigenvalue weighted by Gasteiger charge is 2.22. The van der Waals surface area contributed by atoms with Gasteiger partial charge < -0.3 is 10.1 Å². The van der Waals surface area contributed by atoms with Crippen LogP contribution in [0.4, 0.5) is 0 Å². The lowest BCUT2D eigenvalue weighted by Gasteiger charge is -2.21. The molecule has 0 radical (unpaired) electrons. The van der Waals surface area contributed by atoms with Crippen LogP contribution in [0.3, 0.4) is 0 Å². The van der Waals surface area contributed by atoms with Crippen LogP contribution in [0.25, 0.3) is 11.1 Å². The van der Waals surface area contributed by atoms with Crippen LogP contribution in [0.2, 0.25) is 5.15 Å². The second-order valence-electron chi connectivity index (χ2n) is 5.16. The normalized spacial score (nSPS) is 18.5. The topological polar surface area (TPSA) is 59.9 Å². The number of halogens is 2. The van der Waals surface area contributed by atoms with E-state index in [-0.39, 0.29) is 18.5 Å². The van der Waals surface area contributed by atoms with E-state index >= 15 is 0 Å². The number of pyridine rings is 1. The van der Waals surface area contributed by atoms with Crippen molar-refractivity contribution in [2.24, 2.45) is 0 Å². The van der Waals surface area contributed by atoms with Gasteiger partial charge in [0.25, 0.3) is 0 Å². The van der Waals surface area contributed by atoms with E-state index in [1.54, 1.807) is 18.6 Å². The molecule has 2 atom stereocenters. The fourth-order valence-electron chi connectivity index (χ4n) is 2.54. The van der Waals surface area contributed by atoms with E-state index in [0.717, 1.165) is 24.1 Å². The molecular weight excluding hydrogens is 323 g/mol. The SMILES string of the molecule is CC(Oc1cnc(Cl)c(-c2cncnc2)c1)[C@@H]1CCCN1.Cl. The first-order valence-electron chi connectivity index (χ1n) is 7.05. The van der Waals surface area contributed by atoms with Crippen molar-refractivity contribution >= 4 is 24.0 Å². The minimum atomic E-state index is 0. The fourth-order valence-corrected chi connectivity index (χ4v) is 2.76. The molecule has 0 amide bonds. The van der Waals surface area contributed by atoms with Crippen molar-refractivity contribution in [1.29, 1.82) is 0 Å². The van der Waals surface area contributed by atoms with E-state index in [4.69, 9.17) is 16.3 Å². The van der Waals surface area contributed by atoms with E-state index in [0.29, 0.717) is 16.9 Å². The predicted molar refractivity (Wildman–Crippen MR) is 88.6 cm³/mol. The molecule has 118 valence electrons. The van der Waals surface area contributed by atoms with Crippen molar-refractivity contribution in [3.05, 3.63) is 36.1 Å². The summed E-state index contributed by atoms with van der Waals surface area (Å²) in [6, 6.07) is 2.28. The number of ether oxygens (including phenoxy) is 1. The Hall–Kier alpha value is -1.43. The minimum Gasteiger partial charge on any atom is -0.487 e. The summed E-state index contributed by atoms with van der Waals surface area (Å²) in [4.78, 5) is 12.2. The summed E-state index contributed by atoms with van der Waals surface area (Å²) in [6.45, 7) is 3.13. The number of aromatic nitrogens is 3. The third-order valence-corrected chi connectivity index (χ3v) is 3.97. The predicted octanol–water partition coefficient (Wildman–Crippen LogP) is 3.13. The van der Waals surface area contributed by atoms with Gasteiger partial charge in [-0.2, -0.15) is 0 Å². The monoisotopic (exact) mass is 340 g/mol. The first-order chi connectivity index (χ1) is 10.2. The van der Waals surface area contributed by atoms with Gasteiger partial charge in [0.05, 0.1) is 6.20 Å². The molecule has 5 nitrogen and oxygen atoms in total. The minimum absolute atomic E-state index is 0. The summed E-state index contributed by atoms with van der Waals surface area (Å²) < 4.78 is 5.99. The van der Waals surface area contributed by atoms with Gasteiger partial charge in [0.2, 0.25) is 0 Å². The van der Waals surface area contributed by atoms with E-state index in [1.807, 2.05) is 6.07 Å². The highest BCUT2D eigenvalue weighted by Crippen LogP contribution is 2.29. The maximum Gasteiger partial charge on any atom is 0.138 e. The maximum absolute atomic E-state index is 6.16. The van der Waals surface area contributed by atoms with Crippen molar-refractivity contribution in [2.45, 2.75) is 31.9 Å². The Kier molecular flexibility index (Phi) is 5.94. The molecule has 0 saturated carbocycles. The van der Waals surface area contributed by atoms with Crippen molar-refractivity contribution in [2.75, 3.05) is 6.54 Å². The lowest BCUT2D eigenvalue weighted by atomic mass is 10.1. The molecule has 0 spiro atoms. The Morgan fingerprint density at radius 1 is 1.32 bits per heavy atom. The fraction of sp³-hybridized carbons (Fsp3) is 0.400. The zero-order chi connectivity index (χ0) is 14.7. The third kappa shape index (κ3) is 3.85. The molecule has 22 heavy (non-hydrogen) atoms. The zero-order valence-electron chi connectivity index (χ0n) is 12.2. The second-order valence-corrected chi connectivity index (χ2v) is 5.52. The van der Waals surface area contributed by atoms with Crippen molar-refractivity contribution in [3.63, 3.8) is 0 Å². The molecule has 2 aromatic heterocycles. The van der Waals surface area contributed by atoms with Gasteiger partial charge in [-0.25, -0.2) is 15.0 Å². The van der Waals surface area contributed by atoms with Crippen LogP contribution in [-0.2, 0) is 0 Å². The molecule has 1 fully saturated rings. The van der Waals surface area contributed by atoms with E-state index in [9.17, 15) is 0 Å². The van der Waals surface area contributed by atoms with Crippen LogP contribution in [0.5, 0.6) is 5.75 Å². The maximum atomic E-state index is 6.16. The van der Waals surface area contributed by atoms with Crippen LogP contribution in [-0.4, -0.2) is 33.6 Å². The zero-order valence-corrected chi connectivity index (χ0v) is 13.8. The molecule has 1 aliphatic rings. The molecule has 3 heterocycles. The Bertz CT molecular complexity index is 606. The average Bonchev–Trinajstić information content (AvgIpc) is 3.04. The smallest absolute Gasteiger partial charge is 0.138 e. The van der Waals surface area contributed by atoms with Gasteiger partial charge in [-0.1, -0.05) is 11.6 Å². The molecule has 1 unspecified atom stereocenters. The Balaban J connectivity index is 0.00000176. The van der Waals surface area contributed by atoms with Gasteiger partial charge in [-0.15, -0.1) is 12.4 Å². The average molecular weight is 341 g/mol. The quantitative estimate of drug-likeness (QED) is 0.866. The van der Waals surface area contributed by atoms with Crippen LogP contribution in [0.15, 0.2) is 31.0 Å². The largest absolute Gasteiger partial charge is 0.487 e. The standard InChI is InChI=1S/C15H17ClN4O.ClH/c1-10(14-3-2-4-19-14)21-12-5-13(15(16)20-8-12)11-6-17-9-18-7-11;/h5-10,14,19H,2-4H2,1H3;1H/t10?,14-;/m0./s1. The molecule has 1 N–H and O–H groups in total.